The number of halogens is 2. The number of hydrogen-bond acceptors (Lipinski definition) is 6. The van der Waals surface area contributed by atoms with Crippen molar-refractivity contribution in [1.82, 2.24) is 9.88 Å². The van der Waals surface area contributed by atoms with Gasteiger partial charge in [0.25, 0.3) is 11.6 Å². The van der Waals surface area contributed by atoms with Crippen LogP contribution in [0.2, 0.25) is 5.02 Å². The Bertz CT molecular complexity index is 1010. The minimum atomic E-state index is -0.515. The highest BCUT2D eigenvalue weighted by Crippen LogP contribution is 2.33. The van der Waals surface area contributed by atoms with E-state index in [-0.39, 0.29) is 29.6 Å². The van der Waals surface area contributed by atoms with Gasteiger partial charge in [0.2, 0.25) is 0 Å². The molecule has 1 heterocycles. The highest BCUT2D eigenvalue weighted by molar-refractivity contribution is 7.22. The molecule has 3 rings (SSSR count). The minimum Gasteiger partial charge on any atom is -0.308 e. The van der Waals surface area contributed by atoms with Crippen LogP contribution in [0.5, 0.6) is 0 Å². The summed E-state index contributed by atoms with van der Waals surface area (Å²) in [4.78, 5) is 31.7. The molecule has 148 valence electrons. The molecule has 0 fully saturated rings. The number of carbonyl (C=O) groups is 1. The number of nitrogens with zero attached hydrogens (tertiary/aromatic N) is 4. The highest BCUT2D eigenvalue weighted by atomic mass is 35.5. The van der Waals surface area contributed by atoms with Crippen molar-refractivity contribution < 1.29 is 9.72 Å². The molecule has 3 aromatic rings. The molecule has 0 spiro atoms. The van der Waals surface area contributed by atoms with Gasteiger partial charge in [-0.3, -0.25) is 19.8 Å². The average Bonchev–Trinajstić information content (AvgIpc) is 3.07. The Morgan fingerprint density at radius 2 is 1.93 bits per heavy atom. The first-order valence-corrected chi connectivity index (χ1v) is 9.32. The van der Waals surface area contributed by atoms with Crippen LogP contribution in [0.25, 0.3) is 10.2 Å². The zero-order valence-corrected chi connectivity index (χ0v) is 17.6. The fraction of sp³-hybridized carbons (Fsp3) is 0.222. The van der Waals surface area contributed by atoms with Gasteiger partial charge >= 0.3 is 0 Å². The maximum absolute atomic E-state index is 13.1. The Balaban J connectivity index is 0.00000280. The predicted octanol–water partition coefficient (Wildman–Crippen LogP) is 4.49. The fourth-order valence-electron chi connectivity index (χ4n) is 2.51. The summed E-state index contributed by atoms with van der Waals surface area (Å²) < 4.78 is 0.874. The van der Waals surface area contributed by atoms with E-state index in [1.165, 1.54) is 29.5 Å². The number of fused-ring (bicyclic) bond motifs is 1. The zero-order chi connectivity index (χ0) is 19.6. The van der Waals surface area contributed by atoms with Crippen molar-refractivity contribution in [2.45, 2.75) is 0 Å². The molecule has 28 heavy (non-hydrogen) atoms. The van der Waals surface area contributed by atoms with E-state index in [4.69, 9.17) is 11.6 Å². The summed E-state index contributed by atoms with van der Waals surface area (Å²) in [5.74, 6) is -0.337. The fourth-order valence-corrected chi connectivity index (χ4v) is 3.80. The summed E-state index contributed by atoms with van der Waals surface area (Å²) in [6, 6.07) is 11.2. The number of nitro benzene ring substituents is 1. The molecule has 0 unspecified atom stereocenters. The van der Waals surface area contributed by atoms with Crippen molar-refractivity contribution in [3.05, 3.63) is 63.2 Å². The van der Waals surface area contributed by atoms with E-state index >= 15 is 0 Å². The van der Waals surface area contributed by atoms with Gasteiger partial charge in [0.1, 0.15) is 5.52 Å². The number of likely N-dealkylation sites (N-methyl/N-ethyl adjacent to an activating group) is 1. The number of hydrogen-bond donors (Lipinski definition) is 0. The van der Waals surface area contributed by atoms with E-state index in [9.17, 15) is 14.9 Å². The molecule has 0 bridgehead atoms. The first kappa shape index (κ1) is 22.0. The summed E-state index contributed by atoms with van der Waals surface area (Å²) in [6.45, 7) is 1.01. The monoisotopic (exact) mass is 440 g/mol. The van der Waals surface area contributed by atoms with Crippen LogP contribution < -0.4 is 4.90 Å². The van der Waals surface area contributed by atoms with Crippen LogP contribution >= 0.6 is 35.3 Å². The Morgan fingerprint density at radius 3 is 2.57 bits per heavy atom. The lowest BCUT2D eigenvalue weighted by Gasteiger charge is -2.22. The molecule has 10 heteroatoms. The second kappa shape index (κ2) is 9.29. The van der Waals surface area contributed by atoms with Crippen LogP contribution in [0.3, 0.4) is 0 Å². The van der Waals surface area contributed by atoms with Gasteiger partial charge in [-0.2, -0.15) is 0 Å². The van der Waals surface area contributed by atoms with Crippen LogP contribution in [0.15, 0.2) is 42.5 Å². The SMILES string of the molecule is CN(C)CCN(C(=O)c1cccc([N+](=O)[O-])c1)c1nc2c(Cl)cccc2s1.Cl. The molecule has 0 atom stereocenters. The number of rotatable bonds is 6. The van der Waals surface area contributed by atoms with Gasteiger partial charge < -0.3 is 4.90 Å². The van der Waals surface area contributed by atoms with Crippen molar-refractivity contribution in [2.24, 2.45) is 0 Å². The molecular weight excluding hydrogens is 423 g/mol. The van der Waals surface area contributed by atoms with Gasteiger partial charge in [-0.25, -0.2) is 4.98 Å². The first-order chi connectivity index (χ1) is 12.9. The van der Waals surface area contributed by atoms with Crippen molar-refractivity contribution in [3.63, 3.8) is 0 Å². The molecule has 0 saturated heterocycles. The zero-order valence-electron chi connectivity index (χ0n) is 15.2. The summed E-state index contributed by atoms with van der Waals surface area (Å²) in [5.41, 5.74) is 0.759. The molecule has 0 saturated carbocycles. The smallest absolute Gasteiger partial charge is 0.270 e. The standard InChI is InChI=1S/C18H17ClN4O3S.ClH/c1-21(2)9-10-22(17(24)12-5-3-6-13(11-12)23(25)26)18-20-16-14(19)7-4-8-15(16)27-18;/h3-8,11H,9-10H2,1-2H3;1H. The molecule has 0 radical (unpaired) electrons. The van der Waals surface area contributed by atoms with E-state index in [0.717, 1.165) is 4.70 Å². The molecule has 7 nitrogen and oxygen atoms in total. The average molecular weight is 441 g/mol. The number of thiazole rings is 1. The number of nitro groups is 1. The van der Waals surface area contributed by atoms with Gasteiger partial charge in [-0.05, 0) is 32.3 Å². The summed E-state index contributed by atoms with van der Waals surface area (Å²) >= 11 is 7.57. The molecule has 0 aliphatic heterocycles. The number of non-ortho nitro benzene ring substituents is 1. The molecular formula is C18H18Cl2N4O3S. The third kappa shape index (κ3) is 4.77. The minimum absolute atomic E-state index is 0. The van der Waals surface area contributed by atoms with Crippen LogP contribution in [0, 0.1) is 10.1 Å². The normalized spacial score (nSPS) is 10.7. The van der Waals surface area contributed by atoms with Crippen molar-refractivity contribution in [3.8, 4) is 0 Å². The van der Waals surface area contributed by atoms with Crippen molar-refractivity contribution in [1.29, 1.82) is 0 Å². The summed E-state index contributed by atoms with van der Waals surface area (Å²) in [5, 5.41) is 12.1. The lowest BCUT2D eigenvalue weighted by atomic mass is 10.2. The number of carbonyl (C=O) groups excluding carboxylic acids is 1. The lowest BCUT2D eigenvalue weighted by molar-refractivity contribution is -0.384. The largest absolute Gasteiger partial charge is 0.308 e. The Labute approximate surface area is 177 Å². The topological polar surface area (TPSA) is 79.6 Å². The molecule has 1 aromatic heterocycles. The molecule has 0 N–H and O–H groups in total. The second-order valence-corrected chi connectivity index (χ2v) is 7.57. The van der Waals surface area contributed by atoms with E-state index in [1.54, 1.807) is 17.0 Å². The van der Waals surface area contributed by atoms with Gasteiger partial charge in [-0.1, -0.05) is 35.1 Å². The molecule has 0 aliphatic carbocycles. The number of aromatic nitrogens is 1. The third-order valence-corrected chi connectivity index (χ3v) is 5.26. The predicted molar refractivity (Wildman–Crippen MR) is 115 cm³/mol. The number of para-hydroxylation sites is 1. The van der Waals surface area contributed by atoms with E-state index in [0.29, 0.717) is 28.8 Å². The van der Waals surface area contributed by atoms with E-state index in [2.05, 4.69) is 4.98 Å². The maximum Gasteiger partial charge on any atom is 0.270 e. The third-order valence-electron chi connectivity index (χ3n) is 3.91. The molecule has 0 aliphatic rings. The Hall–Kier alpha value is -2.26. The van der Waals surface area contributed by atoms with Crippen LogP contribution in [-0.2, 0) is 0 Å². The van der Waals surface area contributed by atoms with Gasteiger partial charge in [0, 0.05) is 30.8 Å². The Morgan fingerprint density at radius 1 is 1.21 bits per heavy atom. The van der Waals surface area contributed by atoms with Crippen LogP contribution in [0.1, 0.15) is 10.4 Å². The van der Waals surface area contributed by atoms with E-state index < -0.39 is 4.92 Å². The Kier molecular flexibility index (Phi) is 7.31. The van der Waals surface area contributed by atoms with Gasteiger partial charge in [0.15, 0.2) is 5.13 Å². The second-order valence-electron chi connectivity index (χ2n) is 6.15. The van der Waals surface area contributed by atoms with Gasteiger partial charge in [0.05, 0.1) is 14.6 Å². The van der Waals surface area contributed by atoms with Crippen LogP contribution in [0.4, 0.5) is 10.8 Å². The maximum atomic E-state index is 13.1. The molecule has 1 amide bonds. The summed E-state index contributed by atoms with van der Waals surface area (Å²) in [7, 11) is 3.82. The summed E-state index contributed by atoms with van der Waals surface area (Å²) in [6.07, 6.45) is 0. The lowest BCUT2D eigenvalue weighted by Crippen LogP contribution is -2.36. The quantitative estimate of drug-likeness (QED) is 0.416. The number of anilines is 1. The first-order valence-electron chi connectivity index (χ1n) is 8.13. The highest BCUT2D eigenvalue weighted by Gasteiger charge is 2.23. The van der Waals surface area contributed by atoms with Crippen molar-refractivity contribution >= 4 is 62.3 Å². The molecule has 2 aromatic carbocycles. The van der Waals surface area contributed by atoms with Crippen molar-refractivity contribution in [2.75, 3.05) is 32.1 Å². The number of benzene rings is 2. The van der Waals surface area contributed by atoms with Gasteiger partial charge in [-0.15, -0.1) is 12.4 Å². The van der Waals surface area contributed by atoms with E-state index in [1.807, 2.05) is 31.1 Å². The number of amides is 1. The van der Waals surface area contributed by atoms with Crippen LogP contribution in [-0.4, -0.2) is 47.9 Å².